The molecule has 0 unspecified atom stereocenters. The van der Waals surface area contributed by atoms with Gasteiger partial charge in [-0.15, -0.1) is 0 Å². The zero-order valence-electron chi connectivity index (χ0n) is 15.1. The highest BCUT2D eigenvalue weighted by molar-refractivity contribution is 5.87. The Morgan fingerprint density at radius 3 is 2.48 bits per heavy atom. The summed E-state index contributed by atoms with van der Waals surface area (Å²) in [6.45, 7) is 8.04. The lowest BCUT2D eigenvalue weighted by Crippen LogP contribution is -2.56. The van der Waals surface area contributed by atoms with E-state index in [4.69, 9.17) is 4.74 Å². The molecule has 138 valence electrons. The first-order valence-corrected chi connectivity index (χ1v) is 8.14. The van der Waals surface area contributed by atoms with Crippen molar-refractivity contribution in [3.05, 3.63) is 29.6 Å². The molecule has 1 aromatic rings. The molecular formula is C18H24F2N2O3. The summed E-state index contributed by atoms with van der Waals surface area (Å²) in [6, 6.07) is 4.03. The second-order valence-electron chi connectivity index (χ2n) is 7.81. The summed E-state index contributed by atoms with van der Waals surface area (Å²) < 4.78 is 33.6. The van der Waals surface area contributed by atoms with E-state index in [-0.39, 0.29) is 18.4 Å². The van der Waals surface area contributed by atoms with Crippen LogP contribution in [0, 0.1) is 5.82 Å². The van der Waals surface area contributed by atoms with Gasteiger partial charge in [0.1, 0.15) is 11.4 Å². The normalized spacial score (nSPS) is 26.8. The third-order valence-electron chi connectivity index (χ3n) is 4.16. The van der Waals surface area contributed by atoms with Gasteiger partial charge in [-0.3, -0.25) is 10.1 Å². The molecule has 0 spiro atoms. The van der Waals surface area contributed by atoms with Gasteiger partial charge in [0, 0.05) is 11.3 Å². The maximum absolute atomic E-state index is 14.3. The SMILES string of the molecule is CC(C)(C)OC(=O)Nc1ccc(F)c([C@]2(C)CC[C@@](C)(F)C(=O)N2)c1. The number of piperidine rings is 1. The van der Waals surface area contributed by atoms with Crippen LogP contribution in [0.1, 0.15) is 53.0 Å². The number of hydrogen-bond acceptors (Lipinski definition) is 3. The Morgan fingerprint density at radius 1 is 1.28 bits per heavy atom. The van der Waals surface area contributed by atoms with Crippen LogP contribution in [0.25, 0.3) is 0 Å². The minimum atomic E-state index is -1.97. The number of anilines is 1. The summed E-state index contributed by atoms with van der Waals surface area (Å²) in [6.07, 6.45) is -0.448. The van der Waals surface area contributed by atoms with E-state index in [1.165, 1.54) is 25.1 Å². The zero-order valence-corrected chi connectivity index (χ0v) is 15.1. The molecule has 1 aliphatic heterocycles. The van der Waals surface area contributed by atoms with Gasteiger partial charge in [-0.1, -0.05) is 0 Å². The Hall–Kier alpha value is -2.18. The second-order valence-corrected chi connectivity index (χ2v) is 7.81. The van der Waals surface area contributed by atoms with E-state index in [0.717, 1.165) is 0 Å². The fourth-order valence-corrected chi connectivity index (χ4v) is 2.69. The Labute approximate surface area is 146 Å². The smallest absolute Gasteiger partial charge is 0.412 e. The number of halogens is 2. The average Bonchev–Trinajstić information content (AvgIpc) is 2.44. The molecule has 2 amide bonds. The van der Waals surface area contributed by atoms with E-state index < -0.39 is 34.6 Å². The van der Waals surface area contributed by atoms with Gasteiger partial charge in [0.15, 0.2) is 5.67 Å². The molecule has 0 bridgehead atoms. The third-order valence-corrected chi connectivity index (χ3v) is 4.16. The van der Waals surface area contributed by atoms with E-state index in [2.05, 4.69) is 10.6 Å². The van der Waals surface area contributed by atoms with Gasteiger partial charge in [-0.2, -0.15) is 0 Å². The molecule has 0 saturated carbocycles. The molecular weight excluding hydrogens is 330 g/mol. The fourth-order valence-electron chi connectivity index (χ4n) is 2.69. The summed E-state index contributed by atoms with van der Waals surface area (Å²) >= 11 is 0. The summed E-state index contributed by atoms with van der Waals surface area (Å²) in [5.41, 5.74) is -3.18. The van der Waals surface area contributed by atoms with Crippen molar-refractivity contribution in [1.82, 2.24) is 5.32 Å². The number of rotatable bonds is 2. The van der Waals surface area contributed by atoms with Crippen molar-refractivity contribution in [2.45, 2.75) is 64.3 Å². The summed E-state index contributed by atoms with van der Waals surface area (Å²) in [7, 11) is 0. The van der Waals surface area contributed by atoms with Crippen molar-refractivity contribution in [1.29, 1.82) is 0 Å². The Morgan fingerprint density at radius 2 is 1.92 bits per heavy atom. The van der Waals surface area contributed by atoms with E-state index in [9.17, 15) is 18.4 Å². The van der Waals surface area contributed by atoms with Crippen LogP contribution in [-0.2, 0) is 15.1 Å². The number of benzene rings is 1. The molecule has 1 aliphatic rings. The number of ether oxygens (including phenoxy) is 1. The predicted molar refractivity (Wildman–Crippen MR) is 90.5 cm³/mol. The van der Waals surface area contributed by atoms with Gasteiger partial charge in [0.25, 0.3) is 5.91 Å². The first-order valence-electron chi connectivity index (χ1n) is 8.14. The number of carbonyl (C=O) groups is 2. The van der Waals surface area contributed by atoms with Crippen LogP contribution in [-0.4, -0.2) is 23.3 Å². The predicted octanol–water partition coefficient (Wildman–Crippen LogP) is 4.03. The molecule has 1 heterocycles. The summed E-state index contributed by atoms with van der Waals surface area (Å²) in [4.78, 5) is 23.8. The maximum Gasteiger partial charge on any atom is 0.412 e. The van der Waals surface area contributed by atoms with Gasteiger partial charge in [0.05, 0.1) is 5.54 Å². The van der Waals surface area contributed by atoms with Gasteiger partial charge < -0.3 is 10.1 Å². The quantitative estimate of drug-likeness (QED) is 0.843. The van der Waals surface area contributed by atoms with Crippen molar-refractivity contribution < 1.29 is 23.1 Å². The Bertz CT molecular complexity index is 698. The number of alkyl halides is 1. The van der Waals surface area contributed by atoms with Crippen molar-refractivity contribution in [2.75, 3.05) is 5.32 Å². The first kappa shape index (κ1) is 19.1. The topological polar surface area (TPSA) is 67.4 Å². The van der Waals surface area contributed by atoms with Crippen molar-refractivity contribution in [3.63, 3.8) is 0 Å². The minimum Gasteiger partial charge on any atom is -0.444 e. The first-order chi connectivity index (χ1) is 11.3. The van der Waals surface area contributed by atoms with E-state index in [0.29, 0.717) is 5.69 Å². The standard InChI is InChI=1S/C18H24F2N2O3/c1-16(2,3)25-15(24)21-11-6-7-13(19)12(10-11)18(5)9-8-17(4,20)14(23)22-18/h6-7,10H,8-9H2,1-5H3,(H,21,24)(H,22,23)/t17-,18+/m1/s1. The summed E-state index contributed by atoms with van der Waals surface area (Å²) in [5.74, 6) is -1.31. The molecule has 25 heavy (non-hydrogen) atoms. The van der Waals surface area contributed by atoms with Crippen molar-refractivity contribution in [3.8, 4) is 0 Å². The van der Waals surface area contributed by atoms with Crippen LogP contribution < -0.4 is 10.6 Å². The third kappa shape index (κ3) is 4.46. The molecule has 1 saturated heterocycles. The van der Waals surface area contributed by atoms with Gasteiger partial charge in [-0.05, 0) is 65.7 Å². The van der Waals surface area contributed by atoms with Crippen LogP contribution in [0.5, 0.6) is 0 Å². The maximum atomic E-state index is 14.3. The van der Waals surface area contributed by atoms with Crippen molar-refractivity contribution in [2.24, 2.45) is 0 Å². The second kappa shape index (κ2) is 6.28. The van der Waals surface area contributed by atoms with Crippen LogP contribution in [0.2, 0.25) is 0 Å². The summed E-state index contributed by atoms with van der Waals surface area (Å²) in [5, 5.41) is 5.10. The van der Waals surface area contributed by atoms with Crippen LogP contribution in [0.3, 0.4) is 0 Å². The van der Waals surface area contributed by atoms with Crippen LogP contribution in [0.15, 0.2) is 18.2 Å². The highest BCUT2D eigenvalue weighted by atomic mass is 19.1. The highest BCUT2D eigenvalue weighted by Crippen LogP contribution is 2.37. The highest BCUT2D eigenvalue weighted by Gasteiger charge is 2.45. The monoisotopic (exact) mass is 354 g/mol. The lowest BCUT2D eigenvalue weighted by atomic mass is 9.79. The largest absolute Gasteiger partial charge is 0.444 e. The van der Waals surface area contributed by atoms with Gasteiger partial charge in [0.2, 0.25) is 0 Å². The fraction of sp³-hybridized carbons (Fsp3) is 0.556. The molecule has 0 aliphatic carbocycles. The number of carbonyl (C=O) groups excluding carboxylic acids is 2. The number of amides is 2. The van der Waals surface area contributed by atoms with E-state index >= 15 is 0 Å². The zero-order chi connectivity index (χ0) is 19.0. The number of hydrogen-bond donors (Lipinski definition) is 2. The van der Waals surface area contributed by atoms with Gasteiger partial charge in [-0.25, -0.2) is 13.6 Å². The molecule has 0 aromatic heterocycles. The molecule has 2 rings (SSSR count). The van der Waals surface area contributed by atoms with E-state index in [1.54, 1.807) is 27.7 Å². The van der Waals surface area contributed by atoms with E-state index in [1.807, 2.05) is 0 Å². The molecule has 7 heteroatoms. The molecule has 2 N–H and O–H groups in total. The van der Waals surface area contributed by atoms with Crippen molar-refractivity contribution >= 4 is 17.7 Å². The Balaban J connectivity index is 2.25. The average molecular weight is 354 g/mol. The Kier molecular flexibility index (Phi) is 4.81. The molecule has 0 radical (unpaired) electrons. The number of nitrogens with one attached hydrogen (secondary N) is 2. The molecule has 1 aromatic carbocycles. The molecule has 1 fully saturated rings. The van der Waals surface area contributed by atoms with Gasteiger partial charge >= 0.3 is 6.09 Å². The molecule has 2 atom stereocenters. The molecule has 5 nitrogen and oxygen atoms in total. The van der Waals surface area contributed by atoms with Crippen LogP contribution in [0.4, 0.5) is 19.3 Å². The lowest BCUT2D eigenvalue weighted by molar-refractivity contribution is -0.138. The van der Waals surface area contributed by atoms with Crippen LogP contribution >= 0.6 is 0 Å². The lowest BCUT2D eigenvalue weighted by Gasteiger charge is -2.40. The minimum absolute atomic E-state index is 0.0154.